The van der Waals surface area contributed by atoms with Crippen molar-refractivity contribution in [1.82, 2.24) is 0 Å². The quantitative estimate of drug-likeness (QED) is 0.911. The van der Waals surface area contributed by atoms with Crippen LogP contribution in [0.25, 0.3) is 0 Å². The number of benzene rings is 2. The van der Waals surface area contributed by atoms with Gasteiger partial charge in [0.15, 0.2) is 0 Å². The first-order chi connectivity index (χ1) is 9.10. The lowest BCUT2D eigenvalue weighted by Crippen LogP contribution is -2.03. The molecule has 1 N–H and O–H groups in total. The van der Waals surface area contributed by atoms with Gasteiger partial charge in [0.1, 0.15) is 23.2 Å². The molecular weight excluding hydrogens is 255 g/mol. The summed E-state index contributed by atoms with van der Waals surface area (Å²) in [5.74, 6) is -1.35. The Morgan fingerprint density at radius 2 is 1.68 bits per heavy atom. The van der Waals surface area contributed by atoms with Crippen molar-refractivity contribution in [3.8, 4) is 5.75 Å². The van der Waals surface area contributed by atoms with Crippen molar-refractivity contribution >= 4 is 5.69 Å². The van der Waals surface area contributed by atoms with Crippen molar-refractivity contribution in [3.05, 3.63) is 59.4 Å². The van der Waals surface area contributed by atoms with Gasteiger partial charge in [-0.1, -0.05) is 6.07 Å². The number of hydrogen-bond donors (Lipinski definition) is 1. The molecule has 2 nitrogen and oxygen atoms in total. The van der Waals surface area contributed by atoms with Crippen molar-refractivity contribution < 1.29 is 17.9 Å². The van der Waals surface area contributed by atoms with E-state index in [0.717, 1.165) is 6.07 Å². The van der Waals surface area contributed by atoms with Crippen LogP contribution in [0.4, 0.5) is 18.9 Å². The zero-order valence-corrected chi connectivity index (χ0v) is 10.2. The van der Waals surface area contributed by atoms with Gasteiger partial charge in [0.2, 0.25) is 0 Å². The largest absolute Gasteiger partial charge is 0.494 e. The number of rotatable bonds is 4. The standard InChI is InChI=1S/C14H12F3NO/c1-19-14-7-11(16)4-5-13(14)18-8-9-2-3-10(15)6-12(9)17/h2-7,18H,8H2,1H3. The zero-order valence-electron chi connectivity index (χ0n) is 10.2. The summed E-state index contributed by atoms with van der Waals surface area (Å²) in [5, 5.41) is 2.91. The first-order valence-electron chi connectivity index (χ1n) is 5.61. The molecule has 0 radical (unpaired) electrons. The van der Waals surface area contributed by atoms with Gasteiger partial charge in [-0.2, -0.15) is 0 Å². The van der Waals surface area contributed by atoms with E-state index in [9.17, 15) is 13.2 Å². The Hall–Kier alpha value is -2.17. The number of nitrogens with one attached hydrogen (secondary N) is 1. The van der Waals surface area contributed by atoms with Crippen molar-refractivity contribution in [2.75, 3.05) is 12.4 Å². The lowest BCUT2D eigenvalue weighted by molar-refractivity contribution is 0.413. The molecule has 0 fully saturated rings. The van der Waals surface area contributed by atoms with Crippen LogP contribution < -0.4 is 10.1 Å². The molecule has 0 atom stereocenters. The van der Waals surface area contributed by atoms with Crippen molar-refractivity contribution in [2.24, 2.45) is 0 Å². The molecule has 19 heavy (non-hydrogen) atoms. The van der Waals surface area contributed by atoms with E-state index in [2.05, 4.69) is 5.32 Å². The molecule has 0 amide bonds. The maximum atomic E-state index is 13.4. The minimum atomic E-state index is -0.631. The summed E-state index contributed by atoms with van der Waals surface area (Å²) < 4.78 is 44.2. The van der Waals surface area contributed by atoms with Crippen LogP contribution in [-0.2, 0) is 6.54 Å². The third-order valence-electron chi connectivity index (χ3n) is 2.65. The lowest BCUT2D eigenvalue weighted by atomic mass is 10.2. The second-order valence-electron chi connectivity index (χ2n) is 3.93. The van der Waals surface area contributed by atoms with Crippen molar-refractivity contribution in [1.29, 1.82) is 0 Å². The summed E-state index contributed by atoms with van der Waals surface area (Å²) in [5.41, 5.74) is 0.848. The molecule has 0 heterocycles. The van der Waals surface area contributed by atoms with Crippen LogP contribution in [0.3, 0.4) is 0 Å². The highest BCUT2D eigenvalue weighted by molar-refractivity contribution is 5.56. The molecule has 2 aromatic rings. The molecule has 2 aromatic carbocycles. The van der Waals surface area contributed by atoms with Gasteiger partial charge in [0.25, 0.3) is 0 Å². The molecule has 5 heteroatoms. The molecule has 0 aromatic heterocycles. The highest BCUT2D eigenvalue weighted by Crippen LogP contribution is 2.25. The van der Waals surface area contributed by atoms with Crippen molar-refractivity contribution in [2.45, 2.75) is 6.54 Å². The Bertz CT molecular complexity index is 587. The molecule has 2 rings (SSSR count). The normalized spacial score (nSPS) is 10.3. The van der Waals surface area contributed by atoms with Crippen LogP contribution in [0.5, 0.6) is 5.75 Å². The van der Waals surface area contributed by atoms with E-state index in [-0.39, 0.29) is 6.54 Å². The van der Waals surface area contributed by atoms with E-state index in [4.69, 9.17) is 4.74 Å². The molecule has 0 bridgehead atoms. The molecule has 0 aliphatic carbocycles. The monoisotopic (exact) mass is 267 g/mol. The topological polar surface area (TPSA) is 21.3 Å². The van der Waals surface area contributed by atoms with E-state index < -0.39 is 17.5 Å². The molecule has 0 spiro atoms. The number of methoxy groups -OCH3 is 1. The smallest absolute Gasteiger partial charge is 0.144 e. The molecule has 0 saturated heterocycles. The average Bonchev–Trinajstić information content (AvgIpc) is 2.39. The Balaban J connectivity index is 2.14. The lowest BCUT2D eigenvalue weighted by Gasteiger charge is -2.11. The maximum Gasteiger partial charge on any atom is 0.144 e. The van der Waals surface area contributed by atoms with Crippen LogP contribution in [0.1, 0.15) is 5.56 Å². The highest BCUT2D eigenvalue weighted by atomic mass is 19.1. The molecule has 0 saturated carbocycles. The van der Waals surface area contributed by atoms with E-state index in [1.165, 1.54) is 37.4 Å². The van der Waals surface area contributed by atoms with E-state index >= 15 is 0 Å². The molecule has 0 aliphatic heterocycles. The van der Waals surface area contributed by atoms with Gasteiger partial charge < -0.3 is 10.1 Å². The summed E-state index contributed by atoms with van der Waals surface area (Å²) in [4.78, 5) is 0. The Kier molecular flexibility index (Phi) is 3.94. The Morgan fingerprint density at radius 1 is 1.00 bits per heavy atom. The van der Waals surface area contributed by atoms with Gasteiger partial charge in [-0.25, -0.2) is 13.2 Å². The summed E-state index contributed by atoms with van der Waals surface area (Å²) in [6.07, 6.45) is 0. The number of ether oxygens (including phenoxy) is 1. The minimum Gasteiger partial charge on any atom is -0.494 e. The first-order valence-corrected chi connectivity index (χ1v) is 5.61. The summed E-state index contributed by atoms with van der Waals surface area (Å²) >= 11 is 0. The summed E-state index contributed by atoms with van der Waals surface area (Å²) in [6.45, 7) is 0.147. The Morgan fingerprint density at radius 3 is 2.37 bits per heavy atom. The van der Waals surface area contributed by atoms with E-state index in [1.54, 1.807) is 0 Å². The zero-order chi connectivity index (χ0) is 13.8. The second-order valence-corrected chi connectivity index (χ2v) is 3.93. The summed E-state index contributed by atoms with van der Waals surface area (Å²) in [6, 6.07) is 7.35. The van der Waals surface area contributed by atoms with Gasteiger partial charge in [-0.05, 0) is 18.2 Å². The fourth-order valence-corrected chi connectivity index (χ4v) is 1.67. The van der Waals surface area contributed by atoms with Gasteiger partial charge in [0, 0.05) is 24.2 Å². The van der Waals surface area contributed by atoms with E-state index in [0.29, 0.717) is 17.0 Å². The highest BCUT2D eigenvalue weighted by Gasteiger charge is 2.07. The molecule has 0 unspecified atom stereocenters. The molecule has 0 aliphatic rings. The third kappa shape index (κ3) is 3.19. The number of halogens is 3. The van der Waals surface area contributed by atoms with Crippen LogP contribution >= 0.6 is 0 Å². The van der Waals surface area contributed by atoms with Crippen molar-refractivity contribution in [3.63, 3.8) is 0 Å². The third-order valence-corrected chi connectivity index (χ3v) is 2.65. The second kappa shape index (κ2) is 5.65. The Labute approximate surface area is 108 Å². The van der Waals surface area contributed by atoms with Gasteiger partial charge in [0.05, 0.1) is 12.8 Å². The minimum absolute atomic E-state index is 0.147. The van der Waals surface area contributed by atoms with Gasteiger partial charge in [-0.15, -0.1) is 0 Å². The van der Waals surface area contributed by atoms with Crippen LogP contribution in [-0.4, -0.2) is 7.11 Å². The molecule has 100 valence electrons. The van der Waals surface area contributed by atoms with Gasteiger partial charge >= 0.3 is 0 Å². The maximum absolute atomic E-state index is 13.4. The number of anilines is 1. The predicted octanol–water partition coefficient (Wildman–Crippen LogP) is 3.72. The SMILES string of the molecule is COc1cc(F)ccc1NCc1ccc(F)cc1F. The van der Waals surface area contributed by atoms with Gasteiger partial charge in [-0.3, -0.25) is 0 Å². The van der Waals surface area contributed by atoms with Crippen LogP contribution in [0, 0.1) is 17.5 Å². The van der Waals surface area contributed by atoms with Crippen LogP contribution in [0.15, 0.2) is 36.4 Å². The predicted molar refractivity (Wildman–Crippen MR) is 66.6 cm³/mol. The van der Waals surface area contributed by atoms with Crippen LogP contribution in [0.2, 0.25) is 0 Å². The van der Waals surface area contributed by atoms with E-state index in [1.807, 2.05) is 0 Å². The average molecular weight is 267 g/mol. The summed E-state index contributed by atoms with van der Waals surface area (Å²) in [7, 11) is 1.42. The fraction of sp³-hybridized carbons (Fsp3) is 0.143. The first kappa shape index (κ1) is 13.3. The fourth-order valence-electron chi connectivity index (χ4n) is 1.67. The molecular formula is C14H12F3NO. The number of hydrogen-bond acceptors (Lipinski definition) is 2.